The number of hydrogen-bond acceptors (Lipinski definition) is 3. The average Bonchev–Trinajstić information content (AvgIpc) is 2.56. The summed E-state index contributed by atoms with van der Waals surface area (Å²) in [5, 5.41) is 2.68. The SMILES string of the molecule is CNC(=O)C1CCN(C(=O)C(CN)c2ccccc2)CC1.Cl. The summed E-state index contributed by atoms with van der Waals surface area (Å²) in [5.41, 5.74) is 6.75. The Bertz CT molecular complexity index is 487. The Labute approximate surface area is 137 Å². The summed E-state index contributed by atoms with van der Waals surface area (Å²) in [6.45, 7) is 1.55. The fourth-order valence-corrected chi connectivity index (χ4v) is 2.85. The molecule has 1 aliphatic rings. The normalized spacial score (nSPS) is 16.5. The predicted octanol–water partition coefficient (Wildman–Crippen LogP) is 1.14. The van der Waals surface area contributed by atoms with Crippen molar-refractivity contribution in [2.75, 3.05) is 26.7 Å². The van der Waals surface area contributed by atoms with Crippen molar-refractivity contribution >= 4 is 24.2 Å². The van der Waals surface area contributed by atoms with E-state index >= 15 is 0 Å². The monoisotopic (exact) mass is 325 g/mol. The van der Waals surface area contributed by atoms with E-state index in [-0.39, 0.29) is 36.1 Å². The number of carbonyl (C=O) groups is 2. The van der Waals surface area contributed by atoms with Crippen LogP contribution in [0, 0.1) is 5.92 Å². The molecule has 22 heavy (non-hydrogen) atoms. The van der Waals surface area contributed by atoms with Gasteiger partial charge in [-0.25, -0.2) is 0 Å². The van der Waals surface area contributed by atoms with Gasteiger partial charge in [0.2, 0.25) is 11.8 Å². The number of nitrogens with zero attached hydrogens (tertiary/aromatic N) is 1. The minimum absolute atomic E-state index is 0. The fourth-order valence-electron chi connectivity index (χ4n) is 2.85. The van der Waals surface area contributed by atoms with E-state index in [1.54, 1.807) is 7.05 Å². The zero-order chi connectivity index (χ0) is 15.2. The van der Waals surface area contributed by atoms with Crippen molar-refractivity contribution in [1.82, 2.24) is 10.2 Å². The van der Waals surface area contributed by atoms with Crippen molar-refractivity contribution in [3.05, 3.63) is 35.9 Å². The molecule has 1 aromatic carbocycles. The van der Waals surface area contributed by atoms with Crippen molar-refractivity contribution in [3.8, 4) is 0 Å². The van der Waals surface area contributed by atoms with Gasteiger partial charge in [-0.05, 0) is 18.4 Å². The third-order valence-electron chi connectivity index (χ3n) is 4.16. The molecule has 2 rings (SSSR count). The Kier molecular flexibility index (Phi) is 7.35. The van der Waals surface area contributed by atoms with Gasteiger partial charge in [-0.1, -0.05) is 30.3 Å². The Morgan fingerprint density at radius 1 is 1.27 bits per heavy atom. The molecule has 1 aliphatic heterocycles. The number of hydrogen-bond donors (Lipinski definition) is 2. The Balaban J connectivity index is 0.00000242. The second-order valence-corrected chi connectivity index (χ2v) is 5.41. The Morgan fingerprint density at radius 3 is 2.36 bits per heavy atom. The maximum atomic E-state index is 12.6. The molecule has 1 unspecified atom stereocenters. The second-order valence-electron chi connectivity index (χ2n) is 5.41. The smallest absolute Gasteiger partial charge is 0.231 e. The van der Waals surface area contributed by atoms with E-state index in [0.29, 0.717) is 19.6 Å². The first-order valence-corrected chi connectivity index (χ1v) is 7.42. The van der Waals surface area contributed by atoms with Crippen molar-refractivity contribution in [2.45, 2.75) is 18.8 Å². The minimum atomic E-state index is -0.289. The van der Waals surface area contributed by atoms with Crippen molar-refractivity contribution in [3.63, 3.8) is 0 Å². The molecule has 0 aliphatic carbocycles. The molecular weight excluding hydrogens is 302 g/mol. The van der Waals surface area contributed by atoms with E-state index in [1.807, 2.05) is 35.2 Å². The molecule has 2 amide bonds. The molecule has 6 heteroatoms. The van der Waals surface area contributed by atoms with Gasteiger partial charge in [0.1, 0.15) is 0 Å². The molecule has 5 nitrogen and oxygen atoms in total. The summed E-state index contributed by atoms with van der Waals surface area (Å²) in [4.78, 5) is 26.1. The van der Waals surface area contributed by atoms with Gasteiger partial charge >= 0.3 is 0 Å². The first kappa shape index (κ1) is 18.5. The van der Waals surface area contributed by atoms with Crippen LogP contribution < -0.4 is 11.1 Å². The van der Waals surface area contributed by atoms with Gasteiger partial charge in [0, 0.05) is 32.6 Å². The molecule has 1 heterocycles. The number of halogens is 1. The fraction of sp³-hybridized carbons (Fsp3) is 0.500. The van der Waals surface area contributed by atoms with E-state index in [0.717, 1.165) is 18.4 Å². The minimum Gasteiger partial charge on any atom is -0.359 e. The van der Waals surface area contributed by atoms with Gasteiger partial charge in [-0.15, -0.1) is 12.4 Å². The molecule has 0 radical (unpaired) electrons. The number of amides is 2. The van der Waals surface area contributed by atoms with E-state index < -0.39 is 0 Å². The van der Waals surface area contributed by atoms with Gasteiger partial charge in [0.25, 0.3) is 0 Å². The Morgan fingerprint density at radius 2 is 1.86 bits per heavy atom. The molecule has 1 saturated heterocycles. The molecule has 122 valence electrons. The summed E-state index contributed by atoms with van der Waals surface area (Å²) >= 11 is 0. The lowest BCUT2D eigenvalue weighted by molar-refractivity contribution is -0.136. The van der Waals surface area contributed by atoms with Gasteiger partial charge in [0.15, 0.2) is 0 Å². The van der Waals surface area contributed by atoms with Crippen LogP contribution in [0.25, 0.3) is 0 Å². The highest BCUT2D eigenvalue weighted by Gasteiger charge is 2.30. The number of benzene rings is 1. The highest BCUT2D eigenvalue weighted by atomic mass is 35.5. The predicted molar refractivity (Wildman–Crippen MR) is 88.9 cm³/mol. The highest BCUT2D eigenvalue weighted by molar-refractivity contribution is 5.85. The maximum Gasteiger partial charge on any atom is 0.231 e. The lowest BCUT2D eigenvalue weighted by atomic mass is 9.93. The van der Waals surface area contributed by atoms with Crippen LogP contribution in [0.2, 0.25) is 0 Å². The summed E-state index contributed by atoms with van der Waals surface area (Å²) < 4.78 is 0. The third-order valence-corrected chi connectivity index (χ3v) is 4.16. The van der Waals surface area contributed by atoms with Gasteiger partial charge in [-0.2, -0.15) is 0 Å². The maximum absolute atomic E-state index is 12.6. The molecule has 0 spiro atoms. The number of nitrogens with two attached hydrogens (primary N) is 1. The van der Waals surface area contributed by atoms with Gasteiger partial charge in [-0.3, -0.25) is 9.59 Å². The van der Waals surface area contributed by atoms with Crippen molar-refractivity contribution in [2.24, 2.45) is 11.7 Å². The largest absolute Gasteiger partial charge is 0.359 e. The van der Waals surface area contributed by atoms with Crippen LogP contribution >= 0.6 is 12.4 Å². The molecular formula is C16H24ClN3O2. The van der Waals surface area contributed by atoms with E-state index in [9.17, 15) is 9.59 Å². The summed E-state index contributed by atoms with van der Waals surface area (Å²) in [7, 11) is 1.65. The van der Waals surface area contributed by atoms with E-state index in [2.05, 4.69) is 5.32 Å². The topological polar surface area (TPSA) is 75.4 Å². The molecule has 1 fully saturated rings. The number of piperidine rings is 1. The van der Waals surface area contributed by atoms with Crippen LogP contribution in [0.4, 0.5) is 0 Å². The molecule has 3 N–H and O–H groups in total. The number of rotatable bonds is 4. The number of likely N-dealkylation sites (tertiary alicyclic amines) is 1. The highest BCUT2D eigenvalue weighted by Crippen LogP contribution is 2.22. The molecule has 0 saturated carbocycles. The summed E-state index contributed by atoms with van der Waals surface area (Å²) in [6, 6.07) is 9.64. The van der Waals surface area contributed by atoms with Crippen LogP contribution in [0.5, 0.6) is 0 Å². The molecule has 1 aromatic rings. The summed E-state index contributed by atoms with van der Waals surface area (Å²) in [6.07, 6.45) is 1.44. The van der Waals surface area contributed by atoms with Crippen LogP contribution in [-0.2, 0) is 9.59 Å². The van der Waals surface area contributed by atoms with Gasteiger partial charge < -0.3 is 16.0 Å². The zero-order valence-corrected chi connectivity index (χ0v) is 13.6. The van der Waals surface area contributed by atoms with E-state index in [4.69, 9.17) is 5.73 Å². The molecule has 1 atom stereocenters. The average molecular weight is 326 g/mol. The first-order valence-electron chi connectivity index (χ1n) is 7.42. The van der Waals surface area contributed by atoms with Crippen LogP contribution in [0.3, 0.4) is 0 Å². The number of carbonyl (C=O) groups excluding carboxylic acids is 2. The molecule has 0 aromatic heterocycles. The van der Waals surface area contributed by atoms with Crippen LogP contribution in [0.15, 0.2) is 30.3 Å². The van der Waals surface area contributed by atoms with Gasteiger partial charge in [0.05, 0.1) is 5.92 Å². The molecule has 0 bridgehead atoms. The summed E-state index contributed by atoms with van der Waals surface area (Å²) in [5.74, 6) is -0.130. The quantitative estimate of drug-likeness (QED) is 0.871. The number of nitrogens with one attached hydrogen (secondary N) is 1. The second kappa shape index (κ2) is 8.76. The standard InChI is InChI=1S/C16H23N3O2.ClH/c1-18-15(20)13-7-9-19(10-8-13)16(21)14(11-17)12-5-3-2-4-6-12;/h2-6,13-14H,7-11,17H2,1H3,(H,18,20);1H. The first-order chi connectivity index (χ1) is 10.2. The lowest BCUT2D eigenvalue weighted by Crippen LogP contribution is -2.45. The lowest BCUT2D eigenvalue weighted by Gasteiger charge is -2.33. The zero-order valence-electron chi connectivity index (χ0n) is 12.8. The van der Waals surface area contributed by atoms with Crippen LogP contribution in [0.1, 0.15) is 24.3 Å². The van der Waals surface area contributed by atoms with Crippen molar-refractivity contribution in [1.29, 1.82) is 0 Å². The third kappa shape index (κ3) is 4.21. The Hall–Kier alpha value is -1.59. The van der Waals surface area contributed by atoms with E-state index in [1.165, 1.54) is 0 Å². The van der Waals surface area contributed by atoms with Crippen molar-refractivity contribution < 1.29 is 9.59 Å². The van der Waals surface area contributed by atoms with Crippen LogP contribution in [-0.4, -0.2) is 43.4 Å².